The Labute approximate surface area is 65.4 Å². The number of carboxylic acid groups (broad SMARTS) is 1. The smallest absolute Gasteiger partial charge is 0.309 e. The fourth-order valence-corrected chi connectivity index (χ4v) is 2.29. The summed E-state index contributed by atoms with van der Waals surface area (Å²) in [6.45, 7) is 1.97. The summed E-state index contributed by atoms with van der Waals surface area (Å²) in [7, 11) is 0. The number of aliphatic carboxylic acids is 1. The first-order valence-corrected chi connectivity index (χ1v) is 4.08. The monoisotopic (exact) mass is 156 g/mol. The Bertz CT molecular complexity index is 188. The number of rotatable bonds is 1. The maximum absolute atomic E-state index is 10.7. The van der Waals surface area contributed by atoms with Gasteiger partial charge in [0, 0.05) is 0 Å². The molecule has 3 nitrogen and oxygen atoms in total. The van der Waals surface area contributed by atoms with Gasteiger partial charge in [0.05, 0.1) is 18.1 Å². The van der Waals surface area contributed by atoms with E-state index in [2.05, 4.69) is 0 Å². The number of ether oxygens (including phenoxy) is 1. The van der Waals surface area contributed by atoms with Crippen molar-refractivity contribution in [2.75, 3.05) is 0 Å². The Morgan fingerprint density at radius 3 is 2.45 bits per heavy atom. The summed E-state index contributed by atoms with van der Waals surface area (Å²) >= 11 is 0. The van der Waals surface area contributed by atoms with Crippen molar-refractivity contribution in [3.63, 3.8) is 0 Å². The summed E-state index contributed by atoms with van der Waals surface area (Å²) in [5, 5.41) is 8.83. The molecule has 0 radical (unpaired) electrons. The van der Waals surface area contributed by atoms with E-state index in [4.69, 9.17) is 9.84 Å². The minimum absolute atomic E-state index is 0.00694. The molecule has 2 rings (SSSR count). The van der Waals surface area contributed by atoms with Crippen molar-refractivity contribution in [2.45, 2.75) is 32.0 Å². The SMILES string of the molecule is C[C@@H]1C2CCC(O2)C1C(=O)O. The van der Waals surface area contributed by atoms with Crippen LogP contribution in [0.25, 0.3) is 0 Å². The lowest BCUT2D eigenvalue weighted by Gasteiger charge is -2.20. The van der Waals surface area contributed by atoms with E-state index in [-0.39, 0.29) is 24.0 Å². The number of hydrogen-bond donors (Lipinski definition) is 1. The second-order valence-corrected chi connectivity index (χ2v) is 3.51. The lowest BCUT2D eigenvalue weighted by atomic mass is 9.81. The van der Waals surface area contributed by atoms with E-state index in [1.807, 2.05) is 6.92 Å². The summed E-state index contributed by atoms with van der Waals surface area (Å²) in [4.78, 5) is 10.7. The number of carbonyl (C=O) groups is 1. The Morgan fingerprint density at radius 1 is 1.45 bits per heavy atom. The van der Waals surface area contributed by atoms with Gasteiger partial charge in [-0.1, -0.05) is 6.92 Å². The molecule has 0 aliphatic carbocycles. The molecule has 11 heavy (non-hydrogen) atoms. The Balaban J connectivity index is 2.17. The molecule has 0 saturated carbocycles. The summed E-state index contributed by atoms with van der Waals surface area (Å²) in [5.74, 6) is -0.718. The van der Waals surface area contributed by atoms with E-state index < -0.39 is 5.97 Å². The third-order valence-electron chi connectivity index (χ3n) is 2.92. The van der Waals surface area contributed by atoms with Crippen molar-refractivity contribution in [1.29, 1.82) is 0 Å². The number of carboxylic acids is 1. The minimum Gasteiger partial charge on any atom is -0.481 e. The molecule has 0 amide bonds. The van der Waals surface area contributed by atoms with Crippen molar-refractivity contribution >= 4 is 5.97 Å². The highest BCUT2D eigenvalue weighted by molar-refractivity contribution is 5.71. The maximum Gasteiger partial charge on any atom is 0.309 e. The maximum atomic E-state index is 10.7. The second-order valence-electron chi connectivity index (χ2n) is 3.51. The van der Waals surface area contributed by atoms with Crippen LogP contribution in [0, 0.1) is 11.8 Å². The quantitative estimate of drug-likeness (QED) is 0.613. The van der Waals surface area contributed by atoms with Crippen LogP contribution in [0.4, 0.5) is 0 Å². The van der Waals surface area contributed by atoms with E-state index >= 15 is 0 Å². The average Bonchev–Trinajstić information content (AvgIpc) is 2.44. The van der Waals surface area contributed by atoms with Gasteiger partial charge in [-0.15, -0.1) is 0 Å². The molecule has 0 aromatic heterocycles. The third-order valence-corrected chi connectivity index (χ3v) is 2.92. The van der Waals surface area contributed by atoms with Crippen molar-refractivity contribution in [2.24, 2.45) is 11.8 Å². The van der Waals surface area contributed by atoms with Crippen LogP contribution in [0.2, 0.25) is 0 Å². The predicted octanol–water partition coefficient (Wildman–Crippen LogP) is 0.885. The number of hydrogen-bond acceptors (Lipinski definition) is 2. The van der Waals surface area contributed by atoms with Crippen molar-refractivity contribution in [3.05, 3.63) is 0 Å². The molecule has 3 heteroatoms. The van der Waals surface area contributed by atoms with E-state index in [1.165, 1.54) is 0 Å². The van der Waals surface area contributed by atoms with Gasteiger partial charge in [-0.25, -0.2) is 0 Å². The van der Waals surface area contributed by atoms with Crippen LogP contribution in [0.3, 0.4) is 0 Å². The molecule has 4 atom stereocenters. The van der Waals surface area contributed by atoms with Gasteiger partial charge in [0.2, 0.25) is 0 Å². The van der Waals surface area contributed by atoms with Crippen molar-refractivity contribution < 1.29 is 14.6 Å². The highest BCUT2D eigenvalue weighted by Crippen LogP contribution is 2.42. The third kappa shape index (κ3) is 0.872. The first-order chi connectivity index (χ1) is 5.20. The van der Waals surface area contributed by atoms with Crippen LogP contribution in [-0.2, 0) is 9.53 Å². The molecule has 2 aliphatic heterocycles. The zero-order valence-electron chi connectivity index (χ0n) is 6.49. The van der Waals surface area contributed by atoms with Gasteiger partial charge in [-0.05, 0) is 18.8 Å². The van der Waals surface area contributed by atoms with Gasteiger partial charge in [0.25, 0.3) is 0 Å². The predicted molar refractivity (Wildman–Crippen MR) is 38.2 cm³/mol. The molecule has 2 saturated heterocycles. The van der Waals surface area contributed by atoms with Crippen LogP contribution in [0.1, 0.15) is 19.8 Å². The molecular formula is C8H12O3. The molecule has 2 fully saturated rings. The standard InChI is InChI=1S/C8H12O3/c1-4-5-2-3-6(11-5)7(4)8(9)10/h4-7H,2-3H2,1H3,(H,9,10)/t4-,5?,6?,7?/m1/s1. The van der Waals surface area contributed by atoms with E-state index in [0.29, 0.717) is 0 Å². The normalized spacial score (nSPS) is 48.1. The minimum atomic E-state index is -0.690. The lowest BCUT2D eigenvalue weighted by molar-refractivity contribution is -0.144. The Kier molecular flexibility index (Phi) is 1.42. The second kappa shape index (κ2) is 2.21. The number of fused-ring (bicyclic) bond motifs is 2. The van der Waals surface area contributed by atoms with Crippen molar-refractivity contribution in [3.8, 4) is 0 Å². The van der Waals surface area contributed by atoms with Gasteiger partial charge >= 0.3 is 5.97 Å². The molecule has 2 aliphatic rings. The molecule has 0 aromatic rings. The first kappa shape index (κ1) is 7.10. The summed E-state index contributed by atoms with van der Waals surface area (Å²) in [6, 6.07) is 0. The van der Waals surface area contributed by atoms with Crippen LogP contribution in [0.5, 0.6) is 0 Å². The first-order valence-electron chi connectivity index (χ1n) is 4.08. The van der Waals surface area contributed by atoms with Crippen molar-refractivity contribution in [1.82, 2.24) is 0 Å². The zero-order valence-corrected chi connectivity index (χ0v) is 6.49. The molecule has 62 valence electrons. The molecule has 0 spiro atoms. The Hall–Kier alpha value is -0.570. The van der Waals surface area contributed by atoms with Gasteiger partial charge in [0.15, 0.2) is 0 Å². The van der Waals surface area contributed by atoms with Gasteiger partial charge in [-0.2, -0.15) is 0 Å². The largest absolute Gasteiger partial charge is 0.481 e. The van der Waals surface area contributed by atoms with Crippen LogP contribution in [0.15, 0.2) is 0 Å². The van der Waals surface area contributed by atoms with Gasteiger partial charge in [-0.3, -0.25) is 4.79 Å². The lowest BCUT2D eigenvalue weighted by Crippen LogP contribution is -2.31. The van der Waals surface area contributed by atoms with E-state index in [9.17, 15) is 4.79 Å². The van der Waals surface area contributed by atoms with Gasteiger partial charge in [0.1, 0.15) is 0 Å². The molecule has 2 heterocycles. The fourth-order valence-electron chi connectivity index (χ4n) is 2.29. The molecule has 0 aromatic carbocycles. The van der Waals surface area contributed by atoms with Gasteiger partial charge < -0.3 is 9.84 Å². The average molecular weight is 156 g/mol. The summed E-state index contributed by atoms with van der Waals surface area (Å²) < 4.78 is 5.48. The van der Waals surface area contributed by atoms with Crippen LogP contribution in [-0.4, -0.2) is 23.3 Å². The molecule has 3 unspecified atom stereocenters. The molecular weight excluding hydrogens is 144 g/mol. The zero-order chi connectivity index (χ0) is 8.01. The highest BCUT2D eigenvalue weighted by Gasteiger charge is 2.50. The fraction of sp³-hybridized carbons (Fsp3) is 0.875. The summed E-state index contributed by atoms with van der Waals surface area (Å²) in [6.07, 6.45) is 2.22. The van der Waals surface area contributed by atoms with E-state index in [0.717, 1.165) is 12.8 Å². The molecule has 1 N–H and O–H groups in total. The molecule has 2 bridgehead atoms. The van der Waals surface area contributed by atoms with E-state index in [1.54, 1.807) is 0 Å². The van der Waals surface area contributed by atoms with Crippen LogP contribution >= 0.6 is 0 Å². The van der Waals surface area contributed by atoms with Crippen LogP contribution < -0.4 is 0 Å². The Morgan fingerprint density at radius 2 is 2.09 bits per heavy atom. The highest BCUT2D eigenvalue weighted by atomic mass is 16.5. The topological polar surface area (TPSA) is 46.5 Å². The summed E-state index contributed by atoms with van der Waals surface area (Å²) in [5.41, 5.74) is 0.